The molecule has 0 radical (unpaired) electrons. The van der Waals surface area contributed by atoms with Crippen molar-refractivity contribution in [2.24, 2.45) is 0 Å². The fourth-order valence-corrected chi connectivity index (χ4v) is 2.77. The van der Waals surface area contributed by atoms with E-state index in [-0.39, 0.29) is 12.0 Å². The van der Waals surface area contributed by atoms with Crippen LogP contribution in [-0.2, 0) is 11.3 Å². The van der Waals surface area contributed by atoms with Crippen molar-refractivity contribution in [2.75, 3.05) is 19.7 Å². The van der Waals surface area contributed by atoms with E-state index in [2.05, 4.69) is 5.16 Å². The van der Waals surface area contributed by atoms with Gasteiger partial charge in [-0.05, 0) is 39.0 Å². The van der Waals surface area contributed by atoms with Crippen molar-refractivity contribution in [1.82, 2.24) is 10.1 Å². The lowest BCUT2D eigenvalue weighted by molar-refractivity contribution is -0.0124. The topological polar surface area (TPSA) is 64.8 Å². The smallest absolute Gasteiger partial charge is 0.254 e. The number of morpholine rings is 1. The van der Waals surface area contributed by atoms with Crippen LogP contribution in [0.5, 0.6) is 5.75 Å². The van der Waals surface area contributed by atoms with Gasteiger partial charge in [-0.3, -0.25) is 4.79 Å². The molecule has 2 heterocycles. The molecule has 0 spiro atoms. The molecule has 1 fully saturated rings. The summed E-state index contributed by atoms with van der Waals surface area (Å²) in [6.07, 6.45) is 0.0710. The third-order valence-electron chi connectivity index (χ3n) is 4.17. The van der Waals surface area contributed by atoms with Gasteiger partial charge in [0.1, 0.15) is 18.1 Å². The summed E-state index contributed by atoms with van der Waals surface area (Å²) in [6, 6.07) is 7.27. The van der Waals surface area contributed by atoms with Gasteiger partial charge in [0.25, 0.3) is 5.91 Å². The largest absolute Gasteiger partial charge is 0.489 e. The van der Waals surface area contributed by atoms with Gasteiger partial charge in [-0.2, -0.15) is 0 Å². The van der Waals surface area contributed by atoms with E-state index in [0.717, 1.165) is 17.0 Å². The lowest BCUT2D eigenvalue weighted by atomic mass is 10.1. The van der Waals surface area contributed by atoms with E-state index in [1.165, 1.54) is 0 Å². The summed E-state index contributed by atoms with van der Waals surface area (Å²) in [5, 5.41) is 3.91. The number of carbonyl (C=O) groups is 1. The first-order valence-corrected chi connectivity index (χ1v) is 8.10. The van der Waals surface area contributed by atoms with Crippen LogP contribution in [0.2, 0.25) is 0 Å². The third kappa shape index (κ3) is 3.59. The number of hydrogen-bond acceptors (Lipinski definition) is 5. The molecule has 0 bridgehead atoms. The van der Waals surface area contributed by atoms with Crippen molar-refractivity contribution in [3.8, 4) is 5.75 Å². The maximum Gasteiger partial charge on any atom is 0.254 e. The van der Waals surface area contributed by atoms with Crippen LogP contribution in [0.3, 0.4) is 0 Å². The zero-order valence-corrected chi connectivity index (χ0v) is 14.2. The minimum atomic E-state index is 0.00735. The van der Waals surface area contributed by atoms with Gasteiger partial charge >= 0.3 is 0 Å². The zero-order valence-electron chi connectivity index (χ0n) is 14.2. The first-order valence-electron chi connectivity index (χ1n) is 8.10. The minimum absolute atomic E-state index is 0.00735. The highest BCUT2D eigenvalue weighted by molar-refractivity contribution is 5.94. The van der Waals surface area contributed by atoms with E-state index >= 15 is 0 Å². The van der Waals surface area contributed by atoms with Gasteiger partial charge in [0.2, 0.25) is 0 Å². The van der Waals surface area contributed by atoms with E-state index in [9.17, 15) is 4.79 Å². The second-order valence-electron chi connectivity index (χ2n) is 6.05. The Kier molecular flexibility index (Phi) is 4.85. The molecule has 6 heteroatoms. The predicted octanol–water partition coefficient (Wildman–Crippen LogP) is 2.73. The van der Waals surface area contributed by atoms with E-state index in [0.29, 0.717) is 37.6 Å². The maximum absolute atomic E-state index is 12.6. The second-order valence-corrected chi connectivity index (χ2v) is 6.05. The quantitative estimate of drug-likeness (QED) is 0.862. The monoisotopic (exact) mass is 330 g/mol. The van der Waals surface area contributed by atoms with Gasteiger partial charge in [-0.1, -0.05) is 11.2 Å². The number of aromatic nitrogens is 1. The van der Waals surface area contributed by atoms with Crippen LogP contribution in [0.1, 0.15) is 34.3 Å². The number of ether oxygens (including phenoxy) is 2. The lowest BCUT2D eigenvalue weighted by Gasteiger charge is -2.31. The van der Waals surface area contributed by atoms with Crippen LogP contribution >= 0.6 is 0 Å². The molecule has 24 heavy (non-hydrogen) atoms. The standard InChI is InChI=1S/C18H22N2O4/c1-12-10-20(7-8-22-12)18(21)15-5-4-6-16(9-15)23-11-17-13(2)19-24-14(17)3/h4-6,9,12H,7-8,10-11H2,1-3H3/t12-/m1/s1. The van der Waals surface area contributed by atoms with Crippen LogP contribution in [0, 0.1) is 13.8 Å². The number of rotatable bonds is 4. The number of amides is 1. The molecule has 1 aromatic heterocycles. The Hall–Kier alpha value is -2.34. The maximum atomic E-state index is 12.6. The van der Waals surface area contributed by atoms with Crippen LogP contribution in [0.25, 0.3) is 0 Å². The van der Waals surface area contributed by atoms with Gasteiger partial charge in [0.05, 0.1) is 24.0 Å². The van der Waals surface area contributed by atoms with E-state index in [4.69, 9.17) is 14.0 Å². The molecule has 0 saturated carbocycles. The molecule has 1 aliphatic heterocycles. The highest BCUT2D eigenvalue weighted by Gasteiger charge is 2.22. The summed E-state index contributed by atoms with van der Waals surface area (Å²) in [7, 11) is 0. The van der Waals surface area contributed by atoms with Gasteiger partial charge < -0.3 is 18.9 Å². The van der Waals surface area contributed by atoms with Gasteiger partial charge in [0, 0.05) is 18.7 Å². The Morgan fingerprint density at radius 2 is 2.25 bits per heavy atom. The van der Waals surface area contributed by atoms with Crippen molar-refractivity contribution < 1.29 is 18.8 Å². The Labute approximate surface area is 141 Å². The highest BCUT2D eigenvalue weighted by Crippen LogP contribution is 2.20. The summed E-state index contributed by atoms with van der Waals surface area (Å²) in [4.78, 5) is 14.4. The summed E-state index contributed by atoms with van der Waals surface area (Å²) < 4.78 is 16.4. The molecule has 0 aliphatic carbocycles. The molecule has 3 rings (SSSR count). The molecule has 1 aromatic carbocycles. The summed E-state index contributed by atoms with van der Waals surface area (Å²) in [5.74, 6) is 1.41. The number of nitrogens with zero attached hydrogens (tertiary/aromatic N) is 2. The summed E-state index contributed by atoms with van der Waals surface area (Å²) in [6.45, 7) is 7.90. The molecule has 1 aliphatic rings. The molecule has 2 aromatic rings. The lowest BCUT2D eigenvalue weighted by Crippen LogP contribution is -2.44. The van der Waals surface area contributed by atoms with Crippen LogP contribution in [0.15, 0.2) is 28.8 Å². The van der Waals surface area contributed by atoms with Crippen LogP contribution in [-0.4, -0.2) is 41.8 Å². The van der Waals surface area contributed by atoms with Crippen molar-refractivity contribution in [3.63, 3.8) is 0 Å². The average Bonchev–Trinajstić information content (AvgIpc) is 2.91. The van der Waals surface area contributed by atoms with Crippen LogP contribution < -0.4 is 4.74 Å². The Morgan fingerprint density at radius 3 is 2.96 bits per heavy atom. The van der Waals surface area contributed by atoms with Crippen molar-refractivity contribution in [3.05, 3.63) is 46.8 Å². The fraction of sp³-hybridized carbons (Fsp3) is 0.444. The van der Waals surface area contributed by atoms with E-state index in [1.54, 1.807) is 6.07 Å². The number of benzene rings is 1. The number of hydrogen-bond donors (Lipinski definition) is 0. The SMILES string of the molecule is Cc1noc(C)c1COc1cccc(C(=O)N2CCO[C@H](C)C2)c1. The van der Waals surface area contributed by atoms with Crippen molar-refractivity contribution in [1.29, 1.82) is 0 Å². The Bertz CT molecular complexity index is 706. The second kappa shape index (κ2) is 7.05. The molecule has 128 valence electrons. The Balaban J connectivity index is 1.68. The fourth-order valence-electron chi connectivity index (χ4n) is 2.77. The normalized spacial score (nSPS) is 17.8. The van der Waals surface area contributed by atoms with Crippen molar-refractivity contribution >= 4 is 5.91 Å². The predicted molar refractivity (Wildman–Crippen MR) is 88.1 cm³/mol. The number of aryl methyl sites for hydroxylation is 2. The van der Waals surface area contributed by atoms with Gasteiger partial charge in [-0.25, -0.2) is 0 Å². The molecule has 0 N–H and O–H groups in total. The molecular weight excluding hydrogens is 308 g/mol. The van der Waals surface area contributed by atoms with Gasteiger partial charge in [-0.15, -0.1) is 0 Å². The summed E-state index contributed by atoms with van der Waals surface area (Å²) >= 11 is 0. The molecule has 1 amide bonds. The molecule has 6 nitrogen and oxygen atoms in total. The van der Waals surface area contributed by atoms with Crippen molar-refractivity contribution in [2.45, 2.75) is 33.5 Å². The molecule has 1 saturated heterocycles. The Morgan fingerprint density at radius 1 is 1.42 bits per heavy atom. The molecule has 1 atom stereocenters. The zero-order chi connectivity index (χ0) is 17.1. The first-order chi connectivity index (χ1) is 11.5. The highest BCUT2D eigenvalue weighted by atomic mass is 16.5. The van der Waals surface area contributed by atoms with E-state index in [1.807, 2.05) is 43.9 Å². The first kappa shape index (κ1) is 16.5. The summed E-state index contributed by atoms with van der Waals surface area (Å²) in [5.41, 5.74) is 2.39. The average molecular weight is 330 g/mol. The van der Waals surface area contributed by atoms with Gasteiger partial charge in [0.15, 0.2) is 0 Å². The third-order valence-corrected chi connectivity index (χ3v) is 4.17. The number of carbonyl (C=O) groups excluding carboxylic acids is 1. The van der Waals surface area contributed by atoms with Crippen LogP contribution in [0.4, 0.5) is 0 Å². The minimum Gasteiger partial charge on any atom is -0.489 e. The van der Waals surface area contributed by atoms with E-state index < -0.39 is 0 Å². The molecular formula is C18H22N2O4. The molecule has 0 unspecified atom stereocenters.